The van der Waals surface area contributed by atoms with E-state index in [9.17, 15) is 14.4 Å². The Morgan fingerprint density at radius 1 is 1.21 bits per heavy atom. The molecule has 2 N–H and O–H groups in total. The second-order valence-electron chi connectivity index (χ2n) is 6.76. The number of carbonyl (C=O) groups excluding carboxylic acids is 3. The maximum absolute atomic E-state index is 13.0. The lowest BCUT2D eigenvalue weighted by Gasteiger charge is -2.22. The van der Waals surface area contributed by atoms with Gasteiger partial charge in [0.15, 0.2) is 11.5 Å². The molecule has 29 heavy (non-hydrogen) atoms. The quantitative estimate of drug-likeness (QED) is 0.578. The van der Waals surface area contributed by atoms with Crippen molar-refractivity contribution in [3.05, 3.63) is 48.0 Å². The number of hydrogen-bond donors (Lipinski definition) is 2. The monoisotopic (exact) mass is 413 g/mol. The van der Waals surface area contributed by atoms with E-state index in [0.717, 1.165) is 9.80 Å². The summed E-state index contributed by atoms with van der Waals surface area (Å²) in [6.45, 7) is 1.33. The van der Waals surface area contributed by atoms with Crippen molar-refractivity contribution in [1.82, 2.24) is 10.2 Å². The highest BCUT2D eigenvalue weighted by Gasteiger charge is 2.49. The zero-order valence-electron chi connectivity index (χ0n) is 15.9. The smallest absolute Gasteiger partial charge is 0.325 e. The van der Waals surface area contributed by atoms with Gasteiger partial charge in [0, 0.05) is 4.90 Å². The summed E-state index contributed by atoms with van der Waals surface area (Å²) in [7, 11) is 0. The van der Waals surface area contributed by atoms with Gasteiger partial charge in [0.25, 0.3) is 5.91 Å². The number of anilines is 1. The number of imide groups is 1. The van der Waals surface area contributed by atoms with Crippen LogP contribution in [0, 0.1) is 0 Å². The number of thioether (sulfide) groups is 1. The summed E-state index contributed by atoms with van der Waals surface area (Å²) < 4.78 is 10.6. The molecule has 150 valence electrons. The van der Waals surface area contributed by atoms with E-state index < -0.39 is 23.4 Å². The summed E-state index contributed by atoms with van der Waals surface area (Å²) in [6.07, 6.45) is 1.90. The first-order chi connectivity index (χ1) is 13.9. The van der Waals surface area contributed by atoms with Crippen LogP contribution in [-0.2, 0) is 15.1 Å². The molecule has 0 spiro atoms. The molecule has 1 saturated heterocycles. The number of carbonyl (C=O) groups is 3. The molecule has 0 saturated carbocycles. The van der Waals surface area contributed by atoms with Crippen LogP contribution in [0.1, 0.15) is 12.5 Å². The molecule has 8 nitrogen and oxygen atoms in total. The third kappa shape index (κ3) is 3.38. The predicted molar refractivity (Wildman–Crippen MR) is 107 cm³/mol. The van der Waals surface area contributed by atoms with Crippen molar-refractivity contribution in [2.24, 2.45) is 0 Å². The minimum atomic E-state index is -1.30. The number of nitrogens with zero attached hydrogens (tertiary/aromatic N) is 1. The van der Waals surface area contributed by atoms with Gasteiger partial charge in [-0.25, -0.2) is 4.79 Å². The van der Waals surface area contributed by atoms with Gasteiger partial charge in [0.1, 0.15) is 12.1 Å². The van der Waals surface area contributed by atoms with Crippen LogP contribution in [0.25, 0.3) is 0 Å². The molecule has 0 aromatic heterocycles. The topological polar surface area (TPSA) is 97.0 Å². The molecule has 2 heterocycles. The number of benzene rings is 2. The van der Waals surface area contributed by atoms with Gasteiger partial charge in [-0.1, -0.05) is 18.2 Å². The molecule has 4 rings (SSSR count). The van der Waals surface area contributed by atoms with E-state index in [0.29, 0.717) is 22.7 Å². The second kappa shape index (κ2) is 7.32. The molecule has 2 aliphatic heterocycles. The highest BCUT2D eigenvalue weighted by atomic mass is 32.2. The Labute approximate surface area is 171 Å². The molecule has 0 unspecified atom stereocenters. The first kappa shape index (κ1) is 19.1. The maximum Gasteiger partial charge on any atom is 0.325 e. The number of nitrogens with one attached hydrogen (secondary N) is 2. The molecule has 4 amide bonds. The lowest BCUT2D eigenvalue weighted by atomic mass is 9.91. The highest BCUT2D eigenvalue weighted by molar-refractivity contribution is 7.98. The summed E-state index contributed by atoms with van der Waals surface area (Å²) >= 11 is 1.49. The van der Waals surface area contributed by atoms with Crippen LogP contribution < -0.4 is 20.1 Å². The largest absolute Gasteiger partial charge is 0.454 e. The first-order valence-corrected chi connectivity index (χ1v) is 10.1. The Kier molecular flexibility index (Phi) is 4.83. The number of fused-ring (bicyclic) bond motifs is 1. The van der Waals surface area contributed by atoms with Gasteiger partial charge >= 0.3 is 6.03 Å². The van der Waals surface area contributed by atoms with Crippen molar-refractivity contribution >= 4 is 35.3 Å². The molecular weight excluding hydrogens is 394 g/mol. The molecule has 2 aromatic rings. The summed E-state index contributed by atoms with van der Waals surface area (Å²) in [5.41, 5.74) is -0.110. The van der Waals surface area contributed by atoms with Gasteiger partial charge in [-0.15, -0.1) is 11.8 Å². The number of ether oxygens (including phenoxy) is 2. The van der Waals surface area contributed by atoms with Crippen molar-refractivity contribution in [2.75, 3.05) is 24.9 Å². The molecule has 2 aliphatic rings. The van der Waals surface area contributed by atoms with E-state index in [1.165, 1.54) is 11.8 Å². The van der Waals surface area contributed by atoms with E-state index in [2.05, 4.69) is 10.6 Å². The van der Waals surface area contributed by atoms with E-state index in [4.69, 9.17) is 9.47 Å². The number of para-hydroxylation sites is 1. The zero-order valence-corrected chi connectivity index (χ0v) is 16.7. The van der Waals surface area contributed by atoms with E-state index >= 15 is 0 Å². The van der Waals surface area contributed by atoms with Crippen LogP contribution in [0.4, 0.5) is 10.5 Å². The average Bonchev–Trinajstić information content (AvgIpc) is 3.27. The Bertz CT molecular complexity index is 1010. The van der Waals surface area contributed by atoms with Crippen LogP contribution in [0.5, 0.6) is 11.5 Å². The van der Waals surface area contributed by atoms with E-state index in [1.807, 2.05) is 18.4 Å². The molecule has 0 radical (unpaired) electrons. The van der Waals surface area contributed by atoms with Crippen LogP contribution >= 0.6 is 11.8 Å². The number of amides is 4. The van der Waals surface area contributed by atoms with E-state index in [-0.39, 0.29) is 13.3 Å². The Balaban J connectivity index is 1.51. The number of urea groups is 1. The van der Waals surface area contributed by atoms with Crippen LogP contribution in [-0.4, -0.2) is 42.3 Å². The molecule has 9 heteroatoms. The van der Waals surface area contributed by atoms with Crippen molar-refractivity contribution in [3.8, 4) is 11.5 Å². The minimum absolute atomic E-state index is 0.111. The van der Waals surface area contributed by atoms with Crippen molar-refractivity contribution in [3.63, 3.8) is 0 Å². The predicted octanol–water partition coefficient (Wildman–Crippen LogP) is 2.54. The Morgan fingerprint density at radius 3 is 2.76 bits per heavy atom. The summed E-state index contributed by atoms with van der Waals surface area (Å²) in [5, 5.41) is 5.45. The first-order valence-electron chi connectivity index (χ1n) is 8.89. The highest BCUT2D eigenvalue weighted by Crippen LogP contribution is 2.37. The fraction of sp³-hybridized carbons (Fsp3) is 0.250. The van der Waals surface area contributed by atoms with Gasteiger partial charge in [-0.2, -0.15) is 0 Å². The SMILES string of the molecule is CSc1ccccc1NC(=O)CN1C(=O)N[C@@](C)(c2ccc3c(c2)OCO3)C1=O. The lowest BCUT2D eigenvalue weighted by molar-refractivity contribution is -0.133. The van der Waals surface area contributed by atoms with Crippen molar-refractivity contribution in [2.45, 2.75) is 17.4 Å². The maximum atomic E-state index is 13.0. The molecule has 0 bridgehead atoms. The van der Waals surface area contributed by atoms with Crippen LogP contribution in [0.3, 0.4) is 0 Å². The average molecular weight is 413 g/mol. The molecular formula is C20H19N3O5S. The summed E-state index contributed by atoms with van der Waals surface area (Å²) in [4.78, 5) is 39.8. The Morgan fingerprint density at radius 2 is 1.97 bits per heavy atom. The fourth-order valence-electron chi connectivity index (χ4n) is 3.33. The third-order valence-electron chi connectivity index (χ3n) is 4.91. The molecule has 1 fully saturated rings. The minimum Gasteiger partial charge on any atom is -0.454 e. The second-order valence-corrected chi connectivity index (χ2v) is 7.61. The van der Waals surface area contributed by atoms with Gasteiger partial charge < -0.3 is 20.1 Å². The molecule has 0 aliphatic carbocycles. The molecule has 2 aromatic carbocycles. The number of rotatable bonds is 5. The number of hydrogen-bond acceptors (Lipinski definition) is 6. The summed E-state index contributed by atoms with van der Waals surface area (Å²) in [6, 6.07) is 11.8. The van der Waals surface area contributed by atoms with Gasteiger partial charge in [0.05, 0.1) is 5.69 Å². The van der Waals surface area contributed by atoms with Crippen molar-refractivity contribution in [1.29, 1.82) is 0 Å². The van der Waals surface area contributed by atoms with Crippen LogP contribution in [0.2, 0.25) is 0 Å². The normalized spacial score (nSPS) is 20.0. The third-order valence-corrected chi connectivity index (χ3v) is 5.70. The lowest BCUT2D eigenvalue weighted by Crippen LogP contribution is -2.42. The Hall–Kier alpha value is -3.20. The van der Waals surface area contributed by atoms with Gasteiger partial charge in [-0.3, -0.25) is 14.5 Å². The van der Waals surface area contributed by atoms with Gasteiger partial charge in [0.2, 0.25) is 12.7 Å². The van der Waals surface area contributed by atoms with E-state index in [1.54, 1.807) is 37.3 Å². The summed E-state index contributed by atoms with van der Waals surface area (Å²) in [5.74, 6) is 0.132. The van der Waals surface area contributed by atoms with Crippen molar-refractivity contribution < 1.29 is 23.9 Å². The standard InChI is InChI=1S/C20H19N3O5S/c1-20(12-7-8-14-15(9-12)28-11-27-14)18(25)23(19(26)22-20)10-17(24)21-13-5-3-4-6-16(13)29-2/h3-9H,10-11H2,1-2H3,(H,21,24)(H,22,26)/t20-/m0/s1. The fourth-order valence-corrected chi connectivity index (χ4v) is 3.88. The zero-order chi connectivity index (χ0) is 20.6. The van der Waals surface area contributed by atoms with Crippen LogP contribution in [0.15, 0.2) is 47.4 Å². The molecule has 1 atom stereocenters. The van der Waals surface area contributed by atoms with Gasteiger partial charge in [-0.05, 0) is 43.0 Å².